The number of nitrogens with zero attached hydrogens (tertiary/aromatic N) is 3. The molecule has 1 aliphatic rings. The molecule has 2 heterocycles. The molecular weight excluding hydrogens is 254 g/mol. The lowest BCUT2D eigenvalue weighted by Crippen LogP contribution is -2.22. The van der Waals surface area contributed by atoms with Gasteiger partial charge in [0.15, 0.2) is 5.16 Å². The Morgan fingerprint density at radius 1 is 1.32 bits per heavy atom. The first-order valence-electron chi connectivity index (χ1n) is 6.63. The van der Waals surface area contributed by atoms with E-state index in [1.165, 1.54) is 12.1 Å². The molecule has 3 rings (SSSR count). The van der Waals surface area contributed by atoms with Crippen molar-refractivity contribution in [3.05, 3.63) is 24.4 Å². The number of fused-ring (bicyclic) bond motifs is 1. The van der Waals surface area contributed by atoms with E-state index in [4.69, 9.17) is 0 Å². The number of thioether (sulfide) groups is 1. The van der Waals surface area contributed by atoms with E-state index in [9.17, 15) is 0 Å². The summed E-state index contributed by atoms with van der Waals surface area (Å²) in [6.45, 7) is 6.94. The quantitative estimate of drug-likeness (QED) is 0.617. The standard InChI is InChI=1S/C15H19N3S/c1-15(2)6-7-18(10-15)12-4-5-13-11(8-12)9-16-14(17-13)19-3/h4-5,8-9H,6-7,10H2,1-3H3. The molecule has 0 N–H and O–H groups in total. The topological polar surface area (TPSA) is 29.0 Å². The monoisotopic (exact) mass is 273 g/mol. The van der Waals surface area contributed by atoms with Gasteiger partial charge in [0, 0.05) is 30.4 Å². The van der Waals surface area contributed by atoms with Crippen molar-refractivity contribution < 1.29 is 0 Å². The Hall–Kier alpha value is -1.29. The zero-order chi connectivity index (χ0) is 13.5. The SMILES string of the molecule is CSc1ncc2cc(N3CCC(C)(C)C3)ccc2n1. The van der Waals surface area contributed by atoms with Gasteiger partial charge in [-0.1, -0.05) is 25.6 Å². The zero-order valence-electron chi connectivity index (χ0n) is 11.7. The molecule has 19 heavy (non-hydrogen) atoms. The second-order valence-corrected chi connectivity index (χ2v) is 6.71. The van der Waals surface area contributed by atoms with Crippen molar-refractivity contribution in [3.63, 3.8) is 0 Å². The van der Waals surface area contributed by atoms with Gasteiger partial charge in [-0.15, -0.1) is 0 Å². The van der Waals surface area contributed by atoms with Crippen molar-refractivity contribution >= 4 is 28.4 Å². The van der Waals surface area contributed by atoms with Gasteiger partial charge in [-0.2, -0.15) is 0 Å². The van der Waals surface area contributed by atoms with E-state index in [0.29, 0.717) is 5.41 Å². The first-order chi connectivity index (χ1) is 9.07. The second kappa shape index (κ2) is 4.67. The molecule has 1 fully saturated rings. The maximum absolute atomic E-state index is 4.52. The predicted molar refractivity (Wildman–Crippen MR) is 81.9 cm³/mol. The molecule has 1 aromatic carbocycles. The van der Waals surface area contributed by atoms with Gasteiger partial charge in [0.2, 0.25) is 0 Å². The molecule has 0 atom stereocenters. The van der Waals surface area contributed by atoms with Crippen LogP contribution in [-0.2, 0) is 0 Å². The minimum atomic E-state index is 0.425. The second-order valence-electron chi connectivity index (χ2n) is 5.94. The number of rotatable bonds is 2. The number of aromatic nitrogens is 2. The van der Waals surface area contributed by atoms with Gasteiger partial charge in [-0.3, -0.25) is 0 Å². The fourth-order valence-electron chi connectivity index (χ4n) is 2.63. The number of hydrogen-bond donors (Lipinski definition) is 0. The van der Waals surface area contributed by atoms with Gasteiger partial charge in [0.05, 0.1) is 5.52 Å². The summed E-state index contributed by atoms with van der Waals surface area (Å²) in [6.07, 6.45) is 5.19. The molecule has 0 bridgehead atoms. The molecule has 0 amide bonds. The summed E-state index contributed by atoms with van der Waals surface area (Å²) < 4.78 is 0. The number of hydrogen-bond acceptors (Lipinski definition) is 4. The molecule has 0 radical (unpaired) electrons. The molecule has 3 nitrogen and oxygen atoms in total. The highest BCUT2D eigenvalue weighted by molar-refractivity contribution is 7.98. The third-order valence-corrected chi connectivity index (χ3v) is 4.33. The van der Waals surface area contributed by atoms with Crippen LogP contribution in [-0.4, -0.2) is 29.3 Å². The Morgan fingerprint density at radius 3 is 2.84 bits per heavy atom. The molecule has 0 unspecified atom stereocenters. The maximum Gasteiger partial charge on any atom is 0.187 e. The summed E-state index contributed by atoms with van der Waals surface area (Å²) >= 11 is 1.58. The van der Waals surface area contributed by atoms with E-state index >= 15 is 0 Å². The maximum atomic E-state index is 4.52. The average Bonchev–Trinajstić information content (AvgIpc) is 2.78. The first kappa shape index (κ1) is 12.7. The summed E-state index contributed by atoms with van der Waals surface area (Å²) in [5.41, 5.74) is 2.74. The van der Waals surface area contributed by atoms with Crippen molar-refractivity contribution in [2.24, 2.45) is 5.41 Å². The highest BCUT2D eigenvalue weighted by Gasteiger charge is 2.29. The summed E-state index contributed by atoms with van der Waals surface area (Å²) in [6, 6.07) is 6.50. The minimum absolute atomic E-state index is 0.425. The summed E-state index contributed by atoms with van der Waals surface area (Å²) in [5.74, 6) is 0. The van der Waals surface area contributed by atoms with E-state index < -0.39 is 0 Å². The van der Waals surface area contributed by atoms with Crippen LogP contribution >= 0.6 is 11.8 Å². The van der Waals surface area contributed by atoms with Crippen molar-refractivity contribution in [3.8, 4) is 0 Å². The molecule has 1 saturated heterocycles. The molecule has 4 heteroatoms. The van der Waals surface area contributed by atoms with E-state index in [1.807, 2.05) is 12.5 Å². The average molecular weight is 273 g/mol. The van der Waals surface area contributed by atoms with Gasteiger partial charge in [0.25, 0.3) is 0 Å². The third kappa shape index (κ3) is 2.54. The molecular formula is C15H19N3S. The zero-order valence-corrected chi connectivity index (χ0v) is 12.5. The van der Waals surface area contributed by atoms with Crippen molar-refractivity contribution in [1.29, 1.82) is 0 Å². The van der Waals surface area contributed by atoms with Crippen LogP contribution < -0.4 is 4.90 Å². The van der Waals surface area contributed by atoms with E-state index in [2.05, 4.69) is 46.9 Å². The van der Waals surface area contributed by atoms with E-state index in [0.717, 1.165) is 29.1 Å². The van der Waals surface area contributed by atoms with Crippen LogP contribution in [0.5, 0.6) is 0 Å². The highest BCUT2D eigenvalue weighted by Crippen LogP contribution is 2.33. The van der Waals surface area contributed by atoms with Crippen LogP contribution in [0.4, 0.5) is 5.69 Å². The van der Waals surface area contributed by atoms with Crippen LogP contribution in [0.15, 0.2) is 29.6 Å². The fraction of sp³-hybridized carbons (Fsp3) is 0.467. The fourth-order valence-corrected chi connectivity index (χ4v) is 2.98. The molecule has 0 aliphatic carbocycles. The highest BCUT2D eigenvalue weighted by atomic mass is 32.2. The van der Waals surface area contributed by atoms with Crippen LogP contribution in [0.25, 0.3) is 10.9 Å². The Balaban J connectivity index is 1.94. The van der Waals surface area contributed by atoms with Crippen LogP contribution in [0.1, 0.15) is 20.3 Å². The molecule has 100 valence electrons. The van der Waals surface area contributed by atoms with Crippen LogP contribution in [0, 0.1) is 5.41 Å². The first-order valence-corrected chi connectivity index (χ1v) is 7.86. The predicted octanol–water partition coefficient (Wildman–Crippen LogP) is 3.59. The third-order valence-electron chi connectivity index (χ3n) is 3.77. The van der Waals surface area contributed by atoms with Crippen molar-refractivity contribution in [2.75, 3.05) is 24.2 Å². The summed E-state index contributed by atoms with van der Waals surface area (Å²) in [5, 5.41) is 1.96. The smallest absolute Gasteiger partial charge is 0.187 e. The van der Waals surface area contributed by atoms with Gasteiger partial charge < -0.3 is 4.90 Å². The largest absolute Gasteiger partial charge is 0.371 e. The normalized spacial score (nSPS) is 18.2. The van der Waals surface area contributed by atoms with Gasteiger partial charge in [-0.05, 0) is 36.3 Å². The van der Waals surface area contributed by atoms with Gasteiger partial charge >= 0.3 is 0 Å². The lowest BCUT2D eigenvalue weighted by atomic mass is 9.93. The van der Waals surface area contributed by atoms with Gasteiger partial charge in [-0.25, -0.2) is 9.97 Å². The Kier molecular flexibility index (Phi) is 3.13. The Labute approximate surface area is 118 Å². The van der Waals surface area contributed by atoms with Crippen molar-refractivity contribution in [2.45, 2.75) is 25.4 Å². The van der Waals surface area contributed by atoms with Crippen LogP contribution in [0.3, 0.4) is 0 Å². The van der Waals surface area contributed by atoms with Crippen LogP contribution in [0.2, 0.25) is 0 Å². The van der Waals surface area contributed by atoms with Gasteiger partial charge in [0.1, 0.15) is 0 Å². The van der Waals surface area contributed by atoms with E-state index in [-0.39, 0.29) is 0 Å². The molecule has 0 spiro atoms. The Morgan fingerprint density at radius 2 is 2.16 bits per heavy atom. The van der Waals surface area contributed by atoms with E-state index in [1.54, 1.807) is 11.8 Å². The summed E-state index contributed by atoms with van der Waals surface area (Å²) in [4.78, 5) is 11.3. The minimum Gasteiger partial charge on any atom is -0.371 e. The molecule has 0 saturated carbocycles. The number of anilines is 1. The molecule has 1 aromatic heterocycles. The van der Waals surface area contributed by atoms with Crippen molar-refractivity contribution in [1.82, 2.24) is 9.97 Å². The number of benzene rings is 1. The summed E-state index contributed by atoms with van der Waals surface area (Å²) in [7, 11) is 0. The molecule has 1 aliphatic heterocycles. The lowest BCUT2D eigenvalue weighted by molar-refractivity contribution is 0.418. The molecule has 2 aromatic rings. The Bertz CT molecular complexity index is 609. The lowest BCUT2D eigenvalue weighted by Gasteiger charge is -2.21.